The first-order valence-electron chi connectivity index (χ1n) is 22.6. The first-order chi connectivity index (χ1) is 32.1. The number of rotatable bonds is 8. The fourth-order valence-electron chi connectivity index (χ4n) is 10.3. The van der Waals surface area contributed by atoms with Gasteiger partial charge in [-0.05, 0) is 138 Å². The molecule has 0 heterocycles. The van der Waals surface area contributed by atoms with Crippen molar-refractivity contribution in [3.63, 3.8) is 0 Å². The van der Waals surface area contributed by atoms with Gasteiger partial charge in [0.05, 0.1) is 5.69 Å². The monoisotopic (exact) mass is 827 g/mol. The van der Waals surface area contributed by atoms with E-state index in [1.54, 1.807) is 0 Å². The Morgan fingerprint density at radius 2 is 0.738 bits per heavy atom. The smallest absolute Gasteiger partial charge is 0.0543 e. The maximum absolute atomic E-state index is 2.46. The highest BCUT2D eigenvalue weighted by Crippen LogP contribution is 2.56. The summed E-state index contributed by atoms with van der Waals surface area (Å²) in [4.78, 5) is 2.46. The van der Waals surface area contributed by atoms with Crippen molar-refractivity contribution in [3.8, 4) is 55.6 Å². The van der Waals surface area contributed by atoms with Gasteiger partial charge in [-0.3, -0.25) is 0 Å². The van der Waals surface area contributed by atoms with Crippen molar-refractivity contribution in [3.05, 3.63) is 271 Å². The SMILES string of the molecule is CC1(c2ccccc2)c2ccccc2-c2c(N(c3ccc(-c4ccc(-c5ccc6ccccc6c5)cc4)cc3)c3cccc(-c4ccc(-c5ccc6ccccc6c5)cc4)c3)cccc21. The van der Waals surface area contributed by atoms with Gasteiger partial charge in [-0.25, -0.2) is 0 Å². The van der Waals surface area contributed by atoms with Crippen molar-refractivity contribution in [1.29, 1.82) is 0 Å². The van der Waals surface area contributed by atoms with E-state index in [0.717, 1.165) is 17.1 Å². The van der Waals surface area contributed by atoms with Gasteiger partial charge in [0.25, 0.3) is 0 Å². The van der Waals surface area contributed by atoms with E-state index >= 15 is 0 Å². The topological polar surface area (TPSA) is 3.24 Å². The minimum atomic E-state index is -0.313. The molecule has 0 aromatic heterocycles. The molecule has 12 rings (SSSR count). The highest BCUT2D eigenvalue weighted by atomic mass is 15.1. The zero-order chi connectivity index (χ0) is 43.3. The molecule has 0 bridgehead atoms. The van der Waals surface area contributed by atoms with Crippen LogP contribution < -0.4 is 4.90 Å². The normalized spacial score (nSPS) is 14.0. The van der Waals surface area contributed by atoms with Crippen LogP contribution in [-0.2, 0) is 5.41 Å². The predicted octanol–water partition coefficient (Wildman–Crippen LogP) is 17.5. The molecule has 0 saturated carbocycles. The van der Waals surface area contributed by atoms with Crippen molar-refractivity contribution in [1.82, 2.24) is 0 Å². The van der Waals surface area contributed by atoms with Crippen molar-refractivity contribution >= 4 is 38.6 Å². The van der Waals surface area contributed by atoms with E-state index in [9.17, 15) is 0 Å². The minimum Gasteiger partial charge on any atom is -0.310 e. The highest BCUT2D eigenvalue weighted by Gasteiger charge is 2.42. The first-order valence-corrected chi connectivity index (χ1v) is 22.6. The molecular formula is C64H45N. The summed E-state index contributed by atoms with van der Waals surface area (Å²) in [6.07, 6.45) is 0. The van der Waals surface area contributed by atoms with Gasteiger partial charge >= 0.3 is 0 Å². The molecule has 1 aliphatic rings. The Morgan fingerprint density at radius 3 is 1.34 bits per heavy atom. The standard InChI is InChI=1S/C64H45N/c1-64(56-18-3-2-4-19-56)60-22-10-9-21-59(60)63-61(64)23-12-24-62(63)65(57-39-37-47(38-40-57)46-25-27-49(28-26-46)54-35-33-44-13-5-7-15-51(44)41-54)58-20-11-17-53(43-58)48-29-31-50(32-30-48)55-36-34-45-14-6-8-16-52(45)42-55/h2-43H,1H3. The van der Waals surface area contributed by atoms with Gasteiger partial charge in [-0.1, -0.05) is 212 Å². The highest BCUT2D eigenvalue weighted by molar-refractivity contribution is 5.97. The number of nitrogens with zero attached hydrogens (tertiary/aromatic N) is 1. The molecule has 1 heteroatoms. The quantitative estimate of drug-likeness (QED) is 0.147. The Balaban J connectivity index is 0.950. The van der Waals surface area contributed by atoms with Crippen LogP contribution in [0.4, 0.5) is 17.1 Å². The van der Waals surface area contributed by atoms with Gasteiger partial charge in [0.15, 0.2) is 0 Å². The lowest BCUT2D eigenvalue weighted by Gasteiger charge is -2.31. The second-order valence-corrected chi connectivity index (χ2v) is 17.4. The van der Waals surface area contributed by atoms with E-state index in [1.807, 2.05) is 0 Å². The number of anilines is 3. The molecule has 0 aliphatic heterocycles. The molecule has 1 nitrogen and oxygen atoms in total. The molecule has 11 aromatic rings. The van der Waals surface area contributed by atoms with Crippen LogP contribution in [0.1, 0.15) is 23.6 Å². The average Bonchev–Trinajstić information content (AvgIpc) is 3.65. The third-order valence-electron chi connectivity index (χ3n) is 13.7. The van der Waals surface area contributed by atoms with E-state index in [2.05, 4.69) is 267 Å². The number of fused-ring (bicyclic) bond motifs is 5. The third-order valence-corrected chi connectivity index (χ3v) is 13.7. The Morgan fingerprint density at radius 1 is 0.292 bits per heavy atom. The van der Waals surface area contributed by atoms with Crippen LogP contribution >= 0.6 is 0 Å². The summed E-state index contributed by atoms with van der Waals surface area (Å²) in [5.41, 5.74) is 19.1. The van der Waals surface area contributed by atoms with Gasteiger partial charge < -0.3 is 4.90 Å². The molecule has 11 aromatic carbocycles. The van der Waals surface area contributed by atoms with Gasteiger partial charge in [0, 0.05) is 22.4 Å². The number of benzene rings is 11. The maximum atomic E-state index is 2.46. The summed E-state index contributed by atoms with van der Waals surface area (Å²) in [5, 5.41) is 5.03. The van der Waals surface area contributed by atoms with E-state index in [0.29, 0.717) is 0 Å². The lowest BCUT2D eigenvalue weighted by Crippen LogP contribution is -2.22. The zero-order valence-corrected chi connectivity index (χ0v) is 36.2. The fourth-order valence-corrected chi connectivity index (χ4v) is 10.3. The summed E-state index contributed by atoms with van der Waals surface area (Å²) in [6, 6.07) is 93.6. The Hall–Kier alpha value is -8.26. The van der Waals surface area contributed by atoms with Crippen LogP contribution in [0, 0.1) is 0 Å². The van der Waals surface area contributed by atoms with Gasteiger partial charge in [0.2, 0.25) is 0 Å². The minimum absolute atomic E-state index is 0.313. The molecule has 0 fully saturated rings. The second-order valence-electron chi connectivity index (χ2n) is 17.4. The van der Waals surface area contributed by atoms with Crippen LogP contribution in [-0.4, -0.2) is 0 Å². The molecule has 306 valence electrons. The number of hydrogen-bond donors (Lipinski definition) is 0. The van der Waals surface area contributed by atoms with Crippen LogP contribution in [0.2, 0.25) is 0 Å². The van der Waals surface area contributed by atoms with Crippen LogP contribution in [0.5, 0.6) is 0 Å². The van der Waals surface area contributed by atoms with Crippen LogP contribution in [0.25, 0.3) is 77.2 Å². The van der Waals surface area contributed by atoms with Gasteiger partial charge in [-0.15, -0.1) is 0 Å². The van der Waals surface area contributed by atoms with Crippen molar-refractivity contribution in [2.45, 2.75) is 12.3 Å². The zero-order valence-electron chi connectivity index (χ0n) is 36.2. The maximum Gasteiger partial charge on any atom is 0.0543 e. The van der Waals surface area contributed by atoms with Crippen molar-refractivity contribution in [2.24, 2.45) is 0 Å². The molecule has 1 unspecified atom stereocenters. The molecule has 0 radical (unpaired) electrons. The fraction of sp³-hybridized carbons (Fsp3) is 0.0312. The van der Waals surface area contributed by atoms with E-state index in [-0.39, 0.29) is 5.41 Å². The molecule has 0 amide bonds. The largest absolute Gasteiger partial charge is 0.310 e. The molecular weight excluding hydrogens is 783 g/mol. The summed E-state index contributed by atoms with van der Waals surface area (Å²) in [7, 11) is 0. The van der Waals surface area contributed by atoms with Gasteiger partial charge in [0.1, 0.15) is 0 Å². The van der Waals surface area contributed by atoms with Crippen molar-refractivity contribution in [2.75, 3.05) is 4.90 Å². The summed E-state index contributed by atoms with van der Waals surface area (Å²) in [6.45, 7) is 2.39. The molecule has 1 aliphatic carbocycles. The Bertz CT molecular complexity index is 3530. The predicted molar refractivity (Wildman–Crippen MR) is 275 cm³/mol. The summed E-state index contributed by atoms with van der Waals surface area (Å²) < 4.78 is 0. The lowest BCUT2D eigenvalue weighted by molar-refractivity contribution is 0.714. The number of hydrogen-bond acceptors (Lipinski definition) is 1. The molecule has 1 atom stereocenters. The van der Waals surface area contributed by atoms with E-state index < -0.39 is 0 Å². The second kappa shape index (κ2) is 15.8. The van der Waals surface area contributed by atoms with Gasteiger partial charge in [-0.2, -0.15) is 0 Å². The molecule has 0 N–H and O–H groups in total. The Kier molecular flexibility index (Phi) is 9.35. The van der Waals surface area contributed by atoms with Crippen LogP contribution in [0.3, 0.4) is 0 Å². The first kappa shape index (κ1) is 38.4. The van der Waals surface area contributed by atoms with Crippen molar-refractivity contribution < 1.29 is 0 Å². The van der Waals surface area contributed by atoms with Crippen LogP contribution in [0.15, 0.2) is 255 Å². The third kappa shape index (κ3) is 6.72. The molecule has 0 saturated heterocycles. The summed E-state index contributed by atoms with van der Waals surface area (Å²) in [5.74, 6) is 0. The van der Waals surface area contributed by atoms with E-state index in [1.165, 1.54) is 93.9 Å². The Labute approximate surface area is 381 Å². The average molecular weight is 828 g/mol. The lowest BCUT2D eigenvalue weighted by atomic mass is 9.74. The molecule has 0 spiro atoms. The molecule has 65 heavy (non-hydrogen) atoms. The van der Waals surface area contributed by atoms with E-state index in [4.69, 9.17) is 0 Å². The summed E-state index contributed by atoms with van der Waals surface area (Å²) >= 11 is 0.